The highest BCUT2D eigenvalue weighted by molar-refractivity contribution is 6.04. The van der Waals surface area contributed by atoms with Crippen LogP contribution in [0, 0.1) is 0 Å². The third-order valence-electron chi connectivity index (χ3n) is 5.39. The molecule has 1 unspecified atom stereocenters. The molecule has 2 aromatic rings. The van der Waals surface area contributed by atoms with Crippen molar-refractivity contribution >= 4 is 17.3 Å². The Labute approximate surface area is 177 Å². The maximum absolute atomic E-state index is 13.1. The van der Waals surface area contributed by atoms with Gasteiger partial charge >= 0.3 is 6.18 Å². The van der Waals surface area contributed by atoms with E-state index in [1.807, 2.05) is 12.1 Å². The third kappa shape index (κ3) is 4.54. The first-order valence-electron chi connectivity index (χ1n) is 10.0. The summed E-state index contributed by atoms with van der Waals surface area (Å²) in [5, 5.41) is 15.9. The lowest BCUT2D eigenvalue weighted by Gasteiger charge is -2.36. The Balaban J connectivity index is 1.64. The van der Waals surface area contributed by atoms with Crippen molar-refractivity contribution in [1.82, 2.24) is 5.32 Å². The second kappa shape index (κ2) is 7.60. The maximum atomic E-state index is 13.1. The number of aliphatic hydroxyl groups excluding tert-OH is 1. The van der Waals surface area contributed by atoms with Crippen LogP contribution in [0.3, 0.4) is 0 Å². The van der Waals surface area contributed by atoms with Crippen molar-refractivity contribution in [2.45, 2.75) is 51.1 Å². The van der Waals surface area contributed by atoms with Gasteiger partial charge in [0.25, 0.3) is 0 Å². The van der Waals surface area contributed by atoms with E-state index in [0.717, 1.165) is 29.7 Å². The number of rotatable bonds is 2. The number of hydrogen-bond acceptors (Lipinski definition) is 4. The van der Waals surface area contributed by atoms with Crippen LogP contribution < -0.4 is 15.4 Å². The summed E-state index contributed by atoms with van der Waals surface area (Å²) in [6.45, 7) is 3.33. The number of amides is 1. The summed E-state index contributed by atoms with van der Waals surface area (Å²) in [7, 11) is 0. The molecule has 1 aliphatic carbocycles. The summed E-state index contributed by atoms with van der Waals surface area (Å²) in [4.78, 5) is 12.8. The standard InChI is InChI=1S/C23H23F3N2O3/c1-22(2)28-19(16-9-7-14(23(24,25)26)10-20(16)31-22)12-21(30)27-18-5-3-4-13-6-8-15(29)11-17(13)18/h3-5,7,9-10,12,15,28-29H,6,8,11H2,1-2H3,(H,27,30)/b19-12-. The molecule has 0 radical (unpaired) electrons. The van der Waals surface area contributed by atoms with Crippen LogP contribution in [-0.2, 0) is 23.8 Å². The van der Waals surface area contributed by atoms with Gasteiger partial charge in [-0.25, -0.2) is 0 Å². The average molecular weight is 432 g/mol. The zero-order chi connectivity index (χ0) is 22.4. The minimum Gasteiger partial charge on any atom is -0.468 e. The lowest BCUT2D eigenvalue weighted by molar-refractivity contribution is -0.137. The number of nitrogens with one attached hydrogen (secondary N) is 2. The molecule has 31 heavy (non-hydrogen) atoms. The Kier molecular flexibility index (Phi) is 5.21. The number of aliphatic hydroxyl groups is 1. The zero-order valence-corrected chi connectivity index (χ0v) is 17.1. The molecule has 1 amide bonds. The Morgan fingerprint density at radius 2 is 2.06 bits per heavy atom. The van der Waals surface area contributed by atoms with Gasteiger partial charge in [-0.1, -0.05) is 12.1 Å². The summed E-state index contributed by atoms with van der Waals surface area (Å²) in [5.74, 6) is -0.377. The van der Waals surface area contributed by atoms with E-state index >= 15 is 0 Å². The van der Waals surface area contributed by atoms with Crippen LogP contribution in [0.1, 0.15) is 42.5 Å². The summed E-state index contributed by atoms with van der Waals surface area (Å²) in [6.07, 6.45) is -1.74. The molecule has 5 nitrogen and oxygen atoms in total. The molecule has 0 fully saturated rings. The highest BCUT2D eigenvalue weighted by Gasteiger charge is 2.35. The van der Waals surface area contributed by atoms with E-state index < -0.39 is 29.5 Å². The van der Waals surface area contributed by atoms with E-state index in [0.29, 0.717) is 29.8 Å². The van der Waals surface area contributed by atoms with E-state index in [4.69, 9.17) is 4.74 Å². The fourth-order valence-electron chi connectivity index (χ4n) is 4.00. The Morgan fingerprint density at radius 1 is 1.29 bits per heavy atom. The van der Waals surface area contributed by atoms with Crippen molar-refractivity contribution in [3.8, 4) is 5.75 Å². The van der Waals surface area contributed by atoms with E-state index in [9.17, 15) is 23.1 Å². The van der Waals surface area contributed by atoms with Gasteiger partial charge in [-0.3, -0.25) is 4.79 Å². The number of fused-ring (bicyclic) bond motifs is 2. The number of carbonyl (C=O) groups excluding carboxylic acids is 1. The van der Waals surface area contributed by atoms with Gasteiger partial charge in [-0.15, -0.1) is 0 Å². The second-order valence-electron chi connectivity index (χ2n) is 8.33. The van der Waals surface area contributed by atoms with Crippen molar-refractivity contribution < 1.29 is 27.8 Å². The molecule has 8 heteroatoms. The fraction of sp³-hybridized carbons (Fsp3) is 0.348. The topological polar surface area (TPSA) is 70.6 Å². The van der Waals surface area contributed by atoms with Crippen LogP contribution in [0.2, 0.25) is 0 Å². The molecule has 0 saturated carbocycles. The number of anilines is 1. The quantitative estimate of drug-likeness (QED) is 0.621. The number of ether oxygens (including phenoxy) is 1. The minimum atomic E-state index is -4.49. The Bertz CT molecular complexity index is 1060. The summed E-state index contributed by atoms with van der Waals surface area (Å²) in [5.41, 5.74) is 1.53. The Morgan fingerprint density at radius 3 is 2.81 bits per heavy atom. The highest BCUT2D eigenvalue weighted by Crippen LogP contribution is 2.39. The monoisotopic (exact) mass is 432 g/mol. The smallest absolute Gasteiger partial charge is 0.416 e. The molecule has 2 aromatic carbocycles. The number of aryl methyl sites for hydroxylation is 1. The van der Waals surface area contributed by atoms with Gasteiger partial charge < -0.3 is 20.5 Å². The van der Waals surface area contributed by atoms with Gasteiger partial charge in [0.15, 0.2) is 5.72 Å². The van der Waals surface area contributed by atoms with E-state index in [-0.39, 0.29) is 5.75 Å². The summed E-state index contributed by atoms with van der Waals surface area (Å²) < 4.78 is 45.0. The predicted molar refractivity (Wildman–Crippen MR) is 110 cm³/mol. The van der Waals surface area contributed by atoms with Gasteiger partial charge in [-0.05, 0) is 62.1 Å². The van der Waals surface area contributed by atoms with Crippen molar-refractivity contribution in [2.75, 3.05) is 5.32 Å². The number of carbonyl (C=O) groups is 1. The van der Waals surface area contributed by atoms with Gasteiger partial charge in [0.2, 0.25) is 5.91 Å². The molecule has 1 aliphatic heterocycles. The van der Waals surface area contributed by atoms with Crippen LogP contribution in [0.5, 0.6) is 5.75 Å². The highest BCUT2D eigenvalue weighted by atomic mass is 19.4. The van der Waals surface area contributed by atoms with Gasteiger partial charge in [0, 0.05) is 23.7 Å². The summed E-state index contributed by atoms with van der Waals surface area (Å²) in [6, 6.07) is 8.80. The minimum absolute atomic E-state index is 0.0536. The van der Waals surface area contributed by atoms with Crippen molar-refractivity contribution in [1.29, 1.82) is 0 Å². The molecule has 2 aliphatic rings. The molecule has 164 valence electrons. The Hall–Kier alpha value is -3.00. The molecular weight excluding hydrogens is 409 g/mol. The van der Waals surface area contributed by atoms with Crippen molar-refractivity contribution in [3.05, 3.63) is 64.7 Å². The molecule has 3 N–H and O–H groups in total. The SMILES string of the molecule is CC1(C)N/C(=C\C(=O)Nc2cccc3c2CC(O)CC3)c2ccc(C(F)(F)F)cc2O1. The molecule has 1 atom stereocenters. The first-order valence-corrected chi connectivity index (χ1v) is 10.0. The molecule has 4 rings (SSSR count). The van der Waals surface area contributed by atoms with Crippen LogP contribution in [0.4, 0.5) is 18.9 Å². The van der Waals surface area contributed by atoms with E-state index in [1.165, 1.54) is 12.1 Å². The molecule has 0 aromatic heterocycles. The van der Waals surface area contributed by atoms with Gasteiger partial charge in [-0.2, -0.15) is 13.2 Å². The molecular formula is C23H23F3N2O3. The van der Waals surface area contributed by atoms with Crippen LogP contribution in [-0.4, -0.2) is 22.8 Å². The predicted octanol–water partition coefficient (Wildman–Crippen LogP) is 4.25. The van der Waals surface area contributed by atoms with Crippen molar-refractivity contribution in [2.24, 2.45) is 0 Å². The van der Waals surface area contributed by atoms with Gasteiger partial charge in [0.05, 0.1) is 17.4 Å². The maximum Gasteiger partial charge on any atom is 0.416 e. The number of benzene rings is 2. The lowest BCUT2D eigenvalue weighted by Crippen LogP contribution is -2.47. The number of alkyl halides is 3. The first-order chi connectivity index (χ1) is 14.5. The van der Waals surface area contributed by atoms with Crippen LogP contribution in [0.15, 0.2) is 42.5 Å². The average Bonchev–Trinajstić information content (AvgIpc) is 2.66. The van der Waals surface area contributed by atoms with Crippen molar-refractivity contribution in [3.63, 3.8) is 0 Å². The normalized spacial score (nSPS) is 20.8. The third-order valence-corrected chi connectivity index (χ3v) is 5.39. The molecule has 0 spiro atoms. The van der Waals surface area contributed by atoms with E-state index in [2.05, 4.69) is 10.6 Å². The molecule has 0 bridgehead atoms. The number of halogens is 3. The lowest BCUT2D eigenvalue weighted by atomic mass is 9.88. The second-order valence-corrected chi connectivity index (χ2v) is 8.33. The zero-order valence-electron chi connectivity index (χ0n) is 17.1. The van der Waals surface area contributed by atoms with E-state index in [1.54, 1.807) is 19.9 Å². The van der Waals surface area contributed by atoms with Crippen LogP contribution in [0.25, 0.3) is 5.70 Å². The number of hydrogen-bond donors (Lipinski definition) is 3. The molecule has 0 saturated heterocycles. The first kappa shape index (κ1) is 21.2. The molecule has 1 heterocycles. The van der Waals surface area contributed by atoms with Gasteiger partial charge in [0.1, 0.15) is 5.75 Å². The van der Waals surface area contributed by atoms with Crippen LogP contribution >= 0.6 is 0 Å². The largest absolute Gasteiger partial charge is 0.468 e. The summed E-state index contributed by atoms with van der Waals surface area (Å²) >= 11 is 0. The fourth-order valence-corrected chi connectivity index (χ4v) is 4.00.